The van der Waals surface area contributed by atoms with Gasteiger partial charge in [0.2, 0.25) is 0 Å². The minimum absolute atomic E-state index is 0.129. The Kier molecular flexibility index (Phi) is 3.48. The zero-order chi connectivity index (χ0) is 12.3. The number of hydrogen-bond acceptors (Lipinski definition) is 3. The van der Waals surface area contributed by atoms with Crippen LogP contribution >= 0.6 is 0 Å². The van der Waals surface area contributed by atoms with E-state index < -0.39 is 0 Å². The lowest BCUT2D eigenvalue weighted by molar-refractivity contribution is 0.0988. The van der Waals surface area contributed by atoms with Crippen LogP contribution in [0.15, 0.2) is 24.3 Å². The molecule has 0 atom stereocenters. The summed E-state index contributed by atoms with van der Waals surface area (Å²) in [4.78, 5) is 11.5. The van der Waals surface area contributed by atoms with Gasteiger partial charge in [-0.1, -0.05) is 6.92 Å². The molecular formula is C14H19NO2. The maximum atomic E-state index is 11.5. The average Bonchev–Trinajstić information content (AvgIpc) is 2.33. The summed E-state index contributed by atoms with van der Waals surface area (Å²) in [5.74, 6) is 0.164. The molecule has 0 aliphatic heterocycles. The lowest BCUT2D eigenvalue weighted by Gasteiger charge is -2.41. The molecule has 2 N–H and O–H groups in total. The Hall–Kier alpha value is -1.35. The number of aliphatic hydroxyl groups excluding tert-OH is 1. The summed E-state index contributed by atoms with van der Waals surface area (Å²) in [5.41, 5.74) is 1.60. The number of benzene rings is 1. The van der Waals surface area contributed by atoms with E-state index in [1.807, 2.05) is 31.2 Å². The van der Waals surface area contributed by atoms with Gasteiger partial charge in [0.05, 0.1) is 12.1 Å². The molecule has 0 unspecified atom stereocenters. The SMILES string of the molecule is CCC(=O)c1ccc(NC2(CO)CCC2)cc1. The Morgan fingerprint density at radius 1 is 1.35 bits per heavy atom. The van der Waals surface area contributed by atoms with Gasteiger partial charge in [-0.15, -0.1) is 0 Å². The Morgan fingerprint density at radius 2 is 2.00 bits per heavy atom. The monoisotopic (exact) mass is 233 g/mol. The number of nitrogens with one attached hydrogen (secondary N) is 1. The van der Waals surface area contributed by atoms with Crippen LogP contribution in [0.4, 0.5) is 5.69 Å². The van der Waals surface area contributed by atoms with Crippen molar-refractivity contribution in [3.8, 4) is 0 Å². The van der Waals surface area contributed by atoms with Crippen molar-refractivity contribution in [2.24, 2.45) is 0 Å². The highest BCUT2D eigenvalue weighted by molar-refractivity contribution is 5.96. The maximum Gasteiger partial charge on any atom is 0.162 e. The second-order valence-electron chi connectivity index (χ2n) is 4.77. The topological polar surface area (TPSA) is 49.3 Å². The first kappa shape index (κ1) is 12.1. The third-order valence-electron chi connectivity index (χ3n) is 3.55. The highest BCUT2D eigenvalue weighted by atomic mass is 16.3. The number of carbonyl (C=O) groups is 1. The third kappa shape index (κ3) is 2.50. The summed E-state index contributed by atoms with van der Waals surface area (Å²) in [5, 5.41) is 12.7. The molecule has 1 aliphatic carbocycles. The lowest BCUT2D eigenvalue weighted by atomic mass is 9.77. The van der Waals surface area contributed by atoms with Crippen molar-refractivity contribution in [2.45, 2.75) is 38.1 Å². The van der Waals surface area contributed by atoms with Gasteiger partial charge in [0.1, 0.15) is 0 Å². The van der Waals surface area contributed by atoms with Crippen LogP contribution in [-0.2, 0) is 0 Å². The molecule has 1 saturated carbocycles. The summed E-state index contributed by atoms with van der Waals surface area (Å²) in [6.45, 7) is 2.03. The number of hydrogen-bond donors (Lipinski definition) is 2. The molecule has 17 heavy (non-hydrogen) atoms. The second kappa shape index (κ2) is 4.88. The van der Waals surface area contributed by atoms with Crippen LogP contribution in [0, 0.1) is 0 Å². The molecule has 1 aromatic carbocycles. The van der Waals surface area contributed by atoms with Crippen molar-refractivity contribution in [2.75, 3.05) is 11.9 Å². The van der Waals surface area contributed by atoms with Crippen LogP contribution < -0.4 is 5.32 Å². The molecule has 1 aliphatic rings. The summed E-state index contributed by atoms with van der Waals surface area (Å²) in [6.07, 6.45) is 3.73. The lowest BCUT2D eigenvalue weighted by Crippen LogP contribution is -2.48. The summed E-state index contributed by atoms with van der Waals surface area (Å²) >= 11 is 0. The van der Waals surface area contributed by atoms with Crippen LogP contribution in [0.3, 0.4) is 0 Å². The Balaban J connectivity index is 2.05. The first-order valence-electron chi connectivity index (χ1n) is 6.21. The van der Waals surface area contributed by atoms with E-state index in [0.717, 1.165) is 24.1 Å². The van der Waals surface area contributed by atoms with Crippen LogP contribution in [0.1, 0.15) is 43.0 Å². The largest absolute Gasteiger partial charge is 0.394 e. The van der Waals surface area contributed by atoms with Gasteiger partial charge in [0.25, 0.3) is 0 Å². The first-order chi connectivity index (χ1) is 8.19. The Labute approximate surface area is 102 Å². The molecule has 0 radical (unpaired) electrons. The standard InChI is InChI=1S/C14H19NO2/c1-2-13(17)11-4-6-12(7-5-11)15-14(10-16)8-3-9-14/h4-7,15-16H,2-3,8-10H2,1H3. The minimum Gasteiger partial charge on any atom is -0.394 e. The van der Waals surface area contributed by atoms with E-state index >= 15 is 0 Å². The number of ketones is 1. The van der Waals surface area contributed by atoms with Crippen molar-refractivity contribution in [1.29, 1.82) is 0 Å². The Morgan fingerprint density at radius 3 is 2.41 bits per heavy atom. The molecule has 0 spiro atoms. The number of rotatable bonds is 5. The molecule has 3 nitrogen and oxygen atoms in total. The average molecular weight is 233 g/mol. The summed E-state index contributed by atoms with van der Waals surface area (Å²) in [7, 11) is 0. The van der Waals surface area contributed by atoms with E-state index in [9.17, 15) is 9.90 Å². The summed E-state index contributed by atoms with van der Waals surface area (Å²) < 4.78 is 0. The second-order valence-corrected chi connectivity index (χ2v) is 4.77. The van der Waals surface area contributed by atoms with Crippen molar-refractivity contribution in [3.05, 3.63) is 29.8 Å². The molecule has 0 aromatic heterocycles. The smallest absolute Gasteiger partial charge is 0.162 e. The van der Waals surface area contributed by atoms with E-state index in [0.29, 0.717) is 6.42 Å². The molecule has 1 aromatic rings. The number of aliphatic hydroxyl groups is 1. The van der Waals surface area contributed by atoms with Gasteiger partial charge in [-0.3, -0.25) is 4.79 Å². The Bertz CT molecular complexity index is 388. The predicted molar refractivity (Wildman–Crippen MR) is 68.4 cm³/mol. The molecule has 3 heteroatoms. The normalized spacial score (nSPS) is 17.3. The highest BCUT2D eigenvalue weighted by Crippen LogP contribution is 2.34. The van der Waals surface area contributed by atoms with E-state index in [4.69, 9.17) is 0 Å². The van der Waals surface area contributed by atoms with Gasteiger partial charge < -0.3 is 10.4 Å². The fourth-order valence-electron chi connectivity index (χ4n) is 2.18. The molecule has 2 rings (SSSR count). The van der Waals surface area contributed by atoms with Crippen LogP contribution in [0.5, 0.6) is 0 Å². The van der Waals surface area contributed by atoms with Gasteiger partial charge in [0.15, 0.2) is 5.78 Å². The van der Waals surface area contributed by atoms with Crippen LogP contribution in [-0.4, -0.2) is 23.0 Å². The van der Waals surface area contributed by atoms with Gasteiger partial charge in [-0.05, 0) is 43.5 Å². The molecular weight excluding hydrogens is 214 g/mol. The maximum absolute atomic E-state index is 11.5. The molecule has 0 saturated heterocycles. The van der Waals surface area contributed by atoms with E-state index in [2.05, 4.69) is 5.32 Å². The molecule has 0 amide bonds. The zero-order valence-corrected chi connectivity index (χ0v) is 10.2. The van der Waals surface area contributed by atoms with E-state index in [-0.39, 0.29) is 17.9 Å². The predicted octanol–water partition coefficient (Wildman–Crippen LogP) is 2.61. The zero-order valence-electron chi connectivity index (χ0n) is 10.2. The fourth-order valence-corrected chi connectivity index (χ4v) is 2.18. The van der Waals surface area contributed by atoms with E-state index in [1.165, 1.54) is 6.42 Å². The van der Waals surface area contributed by atoms with Gasteiger partial charge in [-0.2, -0.15) is 0 Å². The highest BCUT2D eigenvalue weighted by Gasteiger charge is 2.35. The quantitative estimate of drug-likeness (QED) is 0.769. The van der Waals surface area contributed by atoms with Crippen LogP contribution in [0.25, 0.3) is 0 Å². The molecule has 92 valence electrons. The summed E-state index contributed by atoms with van der Waals surface area (Å²) in [6, 6.07) is 7.52. The van der Waals surface area contributed by atoms with Gasteiger partial charge in [-0.25, -0.2) is 0 Å². The van der Waals surface area contributed by atoms with Crippen LogP contribution in [0.2, 0.25) is 0 Å². The fraction of sp³-hybridized carbons (Fsp3) is 0.500. The number of anilines is 1. The first-order valence-corrected chi connectivity index (χ1v) is 6.21. The third-order valence-corrected chi connectivity index (χ3v) is 3.55. The molecule has 0 bridgehead atoms. The minimum atomic E-state index is -0.129. The van der Waals surface area contributed by atoms with Gasteiger partial charge in [0, 0.05) is 17.7 Å². The molecule has 0 heterocycles. The van der Waals surface area contributed by atoms with Gasteiger partial charge >= 0.3 is 0 Å². The number of carbonyl (C=O) groups excluding carboxylic acids is 1. The van der Waals surface area contributed by atoms with Crippen molar-refractivity contribution in [1.82, 2.24) is 0 Å². The van der Waals surface area contributed by atoms with Crippen molar-refractivity contribution < 1.29 is 9.90 Å². The van der Waals surface area contributed by atoms with Crippen molar-refractivity contribution >= 4 is 11.5 Å². The molecule has 1 fully saturated rings. The van der Waals surface area contributed by atoms with Crippen molar-refractivity contribution in [3.63, 3.8) is 0 Å². The van der Waals surface area contributed by atoms with E-state index in [1.54, 1.807) is 0 Å². The number of Topliss-reactive ketones (excluding diaryl/α,β-unsaturated/α-hetero) is 1.